The lowest BCUT2D eigenvalue weighted by Gasteiger charge is -2.23. The molecule has 1 aliphatic rings. The monoisotopic (exact) mass is 585 g/mol. The number of thiazole rings is 1. The first-order valence-corrected chi connectivity index (χ1v) is 13.5. The zero-order valence-electron chi connectivity index (χ0n) is 21.3. The highest BCUT2D eigenvalue weighted by molar-refractivity contribution is 8.01. The summed E-state index contributed by atoms with van der Waals surface area (Å²) < 4.78 is 55.3. The largest absolute Gasteiger partial charge is 0.476 e. The lowest BCUT2D eigenvalue weighted by Crippen LogP contribution is -2.24. The molecular formula is C25H27F4N5O3S2. The van der Waals surface area contributed by atoms with Gasteiger partial charge in [0.1, 0.15) is 5.82 Å². The number of halogens is 4. The predicted octanol–water partition coefficient (Wildman–Crippen LogP) is 6.41. The number of primary amides is 2. The molecule has 39 heavy (non-hydrogen) atoms. The quantitative estimate of drug-likeness (QED) is 0.226. The fourth-order valence-electron chi connectivity index (χ4n) is 4.08. The van der Waals surface area contributed by atoms with Crippen LogP contribution in [0.2, 0.25) is 0 Å². The molecule has 1 aliphatic carbocycles. The van der Waals surface area contributed by atoms with Crippen molar-refractivity contribution in [3.63, 3.8) is 0 Å². The van der Waals surface area contributed by atoms with Gasteiger partial charge in [0.15, 0.2) is 5.69 Å². The number of aryl methyl sites for hydroxylation is 1. The van der Waals surface area contributed by atoms with E-state index in [4.69, 9.17) is 4.79 Å². The number of nitrogens with zero attached hydrogens (tertiary/aromatic N) is 3. The van der Waals surface area contributed by atoms with Crippen LogP contribution in [-0.4, -0.2) is 43.3 Å². The minimum atomic E-state index is -4.24. The molecule has 2 amide bonds. The molecule has 1 aromatic carbocycles. The number of urea groups is 1. The maximum absolute atomic E-state index is 13.9. The lowest BCUT2D eigenvalue weighted by molar-refractivity contribution is -0.175. The van der Waals surface area contributed by atoms with Gasteiger partial charge in [0, 0.05) is 10.8 Å². The van der Waals surface area contributed by atoms with E-state index in [0.717, 1.165) is 9.78 Å². The number of rotatable bonds is 6. The van der Waals surface area contributed by atoms with E-state index in [9.17, 15) is 27.5 Å². The average molecular weight is 586 g/mol. The van der Waals surface area contributed by atoms with Crippen LogP contribution >= 0.6 is 23.1 Å². The normalized spacial score (nSPS) is 15.5. The number of allylic oxidation sites excluding steroid dienone is 2. The molecule has 5 N–H and O–H groups in total. The second-order valence-electron chi connectivity index (χ2n) is 8.98. The van der Waals surface area contributed by atoms with Crippen molar-refractivity contribution < 1.29 is 32.3 Å². The maximum atomic E-state index is 13.9. The molecule has 1 unspecified atom stereocenters. The van der Waals surface area contributed by atoms with Crippen LogP contribution in [0.3, 0.4) is 0 Å². The summed E-state index contributed by atoms with van der Waals surface area (Å²) >= 11 is 2.76. The Bertz CT molecular complexity index is 1390. The first-order chi connectivity index (χ1) is 18.2. The zero-order chi connectivity index (χ0) is 29.1. The number of nitrogens with two attached hydrogens (primary N) is 2. The number of carbonyl (C=O) groups is 2. The topological polar surface area (TPSA) is 137 Å². The van der Waals surface area contributed by atoms with Gasteiger partial charge in [-0.05, 0) is 49.5 Å². The number of benzene rings is 1. The van der Waals surface area contributed by atoms with Crippen molar-refractivity contribution in [2.45, 2.75) is 55.7 Å². The number of hydrogen-bond donors (Lipinski definition) is 3. The fourth-order valence-corrected chi connectivity index (χ4v) is 6.59. The van der Waals surface area contributed by atoms with Crippen molar-refractivity contribution in [3.05, 3.63) is 53.2 Å². The summed E-state index contributed by atoms with van der Waals surface area (Å²) in [6.07, 6.45) is -2.53. The Kier molecular flexibility index (Phi) is 9.43. The second kappa shape index (κ2) is 12.2. The number of carboxylic acids is 1. The maximum Gasteiger partial charge on any atom is 0.392 e. The van der Waals surface area contributed by atoms with Crippen molar-refractivity contribution in [2.24, 2.45) is 17.4 Å². The van der Waals surface area contributed by atoms with Gasteiger partial charge in [-0.2, -0.15) is 23.0 Å². The number of alkyl halides is 3. The van der Waals surface area contributed by atoms with Crippen molar-refractivity contribution >= 4 is 40.7 Å². The summed E-state index contributed by atoms with van der Waals surface area (Å²) in [5.74, 6) is -3.11. The summed E-state index contributed by atoms with van der Waals surface area (Å²) in [5, 5.41) is 14.9. The molecule has 0 fully saturated rings. The second-order valence-corrected chi connectivity index (χ2v) is 11.8. The Morgan fingerprint density at radius 1 is 1.26 bits per heavy atom. The minimum absolute atomic E-state index is 0.0149. The summed E-state index contributed by atoms with van der Waals surface area (Å²) in [6, 6.07) is 4.79. The van der Waals surface area contributed by atoms with Crippen molar-refractivity contribution in [1.82, 2.24) is 14.8 Å². The molecule has 0 saturated heterocycles. The third-order valence-corrected chi connectivity index (χ3v) is 7.91. The smallest absolute Gasteiger partial charge is 0.392 e. The molecule has 14 heteroatoms. The van der Waals surface area contributed by atoms with Crippen LogP contribution in [0.1, 0.15) is 55.0 Å². The van der Waals surface area contributed by atoms with Crippen LogP contribution in [0.4, 0.5) is 22.4 Å². The molecule has 0 radical (unpaired) electrons. The van der Waals surface area contributed by atoms with Gasteiger partial charge in [0.25, 0.3) is 0 Å². The number of carbonyl (C=O) groups excluding carboxylic acids is 1. The van der Waals surface area contributed by atoms with Crippen LogP contribution in [-0.2, 0) is 0 Å². The molecule has 0 saturated carbocycles. The van der Waals surface area contributed by atoms with Gasteiger partial charge >= 0.3 is 18.2 Å². The molecule has 0 bridgehead atoms. The summed E-state index contributed by atoms with van der Waals surface area (Å²) in [6.45, 7) is 5.62. The van der Waals surface area contributed by atoms with Gasteiger partial charge in [-0.15, -0.1) is 11.8 Å². The van der Waals surface area contributed by atoms with E-state index in [0.29, 0.717) is 22.1 Å². The average Bonchev–Trinajstić information content (AvgIpc) is 3.38. The fraction of sp³-hybridized carbons (Fsp3) is 0.360. The number of aromatic nitrogens is 3. The van der Waals surface area contributed by atoms with E-state index in [1.165, 1.54) is 46.0 Å². The van der Waals surface area contributed by atoms with Gasteiger partial charge in [0.05, 0.1) is 21.5 Å². The molecular weight excluding hydrogens is 558 g/mol. The van der Waals surface area contributed by atoms with E-state index in [-0.39, 0.29) is 35.8 Å². The summed E-state index contributed by atoms with van der Waals surface area (Å²) in [5.41, 5.74) is 10.7. The standard InChI is InChI=1S/C24H23F4N3O2S2.CH4N2O/c1-12(2)34-22-19(14-7-9-16(10-8-14)24(26,27)28)29-23(35-22)31-20(21(32)33)18(13(3)30-31)15-5-4-6-17(25)11-15;2-1(3)4/h4-7,11-12,16H,8-10H2,1-3H3,(H,32,33);(H4,2,3,4). The Balaban J connectivity index is 0.000000983. The third kappa shape index (κ3) is 7.38. The molecule has 3 aromatic rings. The number of carboxylic acid groups (broad SMARTS) is 1. The molecule has 2 aromatic heterocycles. The van der Waals surface area contributed by atoms with E-state index in [1.54, 1.807) is 19.1 Å². The molecule has 210 valence electrons. The van der Waals surface area contributed by atoms with Crippen LogP contribution in [0.15, 0.2) is 34.6 Å². The SMILES string of the molecule is Cc1nn(-c2nc(C3=CCC(C(F)(F)F)CC3)c(SC(C)C)s2)c(C(=O)O)c1-c1cccc(F)c1.NC(N)=O. The summed E-state index contributed by atoms with van der Waals surface area (Å²) in [4.78, 5) is 26.0. The van der Waals surface area contributed by atoms with Crippen LogP contribution in [0.25, 0.3) is 21.8 Å². The molecule has 0 aliphatic heterocycles. The van der Waals surface area contributed by atoms with Gasteiger partial charge in [-0.25, -0.2) is 19.0 Å². The number of thioether (sulfide) groups is 1. The third-order valence-electron chi connectivity index (χ3n) is 5.66. The van der Waals surface area contributed by atoms with Crippen molar-refractivity contribution in [3.8, 4) is 16.3 Å². The van der Waals surface area contributed by atoms with Gasteiger partial charge in [-0.3, -0.25) is 0 Å². The van der Waals surface area contributed by atoms with E-state index in [2.05, 4.69) is 21.5 Å². The number of amides is 2. The van der Waals surface area contributed by atoms with Gasteiger partial charge in [-0.1, -0.05) is 43.4 Å². The molecule has 0 spiro atoms. The Hall–Kier alpha value is -3.39. The van der Waals surface area contributed by atoms with Crippen molar-refractivity contribution in [2.75, 3.05) is 0 Å². The number of aromatic carboxylic acids is 1. The minimum Gasteiger partial charge on any atom is -0.476 e. The highest BCUT2D eigenvalue weighted by Gasteiger charge is 2.40. The van der Waals surface area contributed by atoms with Gasteiger partial charge in [0.2, 0.25) is 5.13 Å². The van der Waals surface area contributed by atoms with Crippen molar-refractivity contribution in [1.29, 1.82) is 0 Å². The molecule has 2 heterocycles. The highest BCUT2D eigenvalue weighted by Crippen LogP contribution is 2.44. The van der Waals surface area contributed by atoms with E-state index < -0.39 is 29.9 Å². The Morgan fingerprint density at radius 2 is 1.92 bits per heavy atom. The molecule has 8 nitrogen and oxygen atoms in total. The van der Waals surface area contributed by atoms with E-state index >= 15 is 0 Å². The van der Waals surface area contributed by atoms with Crippen LogP contribution in [0, 0.1) is 18.7 Å². The molecule has 1 atom stereocenters. The lowest BCUT2D eigenvalue weighted by atomic mass is 9.88. The van der Waals surface area contributed by atoms with Crippen LogP contribution in [0.5, 0.6) is 0 Å². The van der Waals surface area contributed by atoms with Gasteiger partial charge < -0.3 is 16.6 Å². The summed E-state index contributed by atoms with van der Waals surface area (Å²) in [7, 11) is 0. The first-order valence-electron chi connectivity index (χ1n) is 11.8. The number of hydrogen-bond acceptors (Lipinski definition) is 6. The zero-order valence-corrected chi connectivity index (χ0v) is 22.9. The van der Waals surface area contributed by atoms with E-state index in [1.807, 2.05) is 13.8 Å². The highest BCUT2D eigenvalue weighted by atomic mass is 32.2. The Morgan fingerprint density at radius 3 is 2.44 bits per heavy atom. The Labute approximate surface area is 230 Å². The van der Waals surface area contributed by atoms with Crippen LogP contribution < -0.4 is 11.5 Å². The predicted molar refractivity (Wildman–Crippen MR) is 142 cm³/mol. The first kappa shape index (κ1) is 30.2. The molecule has 4 rings (SSSR count).